The molecule has 0 bridgehead atoms. The van der Waals surface area contributed by atoms with Crippen LogP contribution in [0.25, 0.3) is 0 Å². The molecule has 1 fully saturated rings. The maximum absolute atomic E-state index is 12.2. The van der Waals surface area contributed by atoms with Crippen LogP contribution in [0.5, 0.6) is 0 Å². The summed E-state index contributed by atoms with van der Waals surface area (Å²) in [4.78, 5) is 16.4. The fraction of sp³-hybridized carbons (Fsp3) is 0.923. The molecule has 1 rings (SSSR count). The van der Waals surface area contributed by atoms with Crippen LogP contribution in [0.3, 0.4) is 0 Å². The average Bonchev–Trinajstić information content (AvgIpc) is 2.37. The number of unbranched alkanes of at least 4 members (excludes halogenated alkanes) is 1. The molecule has 0 spiro atoms. The lowest BCUT2D eigenvalue weighted by Crippen LogP contribution is -2.55. The average molecular weight is 241 g/mol. The lowest BCUT2D eigenvalue weighted by atomic mass is 9.96. The van der Waals surface area contributed by atoms with Crippen molar-refractivity contribution in [1.29, 1.82) is 0 Å². The number of amides is 1. The number of hydrogen-bond donors (Lipinski definition) is 1. The highest BCUT2D eigenvalue weighted by Crippen LogP contribution is 2.26. The van der Waals surface area contributed by atoms with Crippen molar-refractivity contribution in [3.63, 3.8) is 0 Å². The third-order valence-electron chi connectivity index (χ3n) is 3.85. The maximum atomic E-state index is 12.2. The molecule has 0 aromatic carbocycles. The minimum Gasteiger partial charge on any atom is -0.344 e. The Labute approximate surface area is 105 Å². The Balaban J connectivity index is 2.92. The smallest absolute Gasteiger partial charge is 0.240 e. The molecule has 100 valence electrons. The predicted octanol–water partition coefficient (Wildman–Crippen LogP) is 1.06. The highest BCUT2D eigenvalue weighted by molar-refractivity contribution is 5.82. The summed E-state index contributed by atoms with van der Waals surface area (Å²) in [6.45, 7) is 8.82. The summed E-state index contributed by atoms with van der Waals surface area (Å²) >= 11 is 0. The molecular formula is C13H27N3O. The van der Waals surface area contributed by atoms with Crippen LogP contribution in [-0.2, 0) is 4.79 Å². The SMILES string of the molecule is CCCCN1C(CN)C(=O)N(C)CCC1(C)C. The quantitative estimate of drug-likeness (QED) is 0.800. The normalized spacial score (nSPS) is 26.1. The van der Waals surface area contributed by atoms with Gasteiger partial charge >= 0.3 is 0 Å². The standard InChI is InChI=1S/C13H27N3O/c1-5-6-8-16-11(10-14)12(17)15(4)9-7-13(16,2)3/h11H,5-10,14H2,1-4H3. The van der Waals surface area contributed by atoms with Gasteiger partial charge in [0.15, 0.2) is 0 Å². The minimum atomic E-state index is -0.149. The molecule has 1 aliphatic rings. The molecule has 1 amide bonds. The fourth-order valence-electron chi connectivity index (χ4n) is 2.52. The number of carbonyl (C=O) groups excluding carboxylic acids is 1. The fourth-order valence-corrected chi connectivity index (χ4v) is 2.52. The van der Waals surface area contributed by atoms with E-state index in [1.165, 1.54) is 0 Å². The van der Waals surface area contributed by atoms with Gasteiger partial charge in [0.05, 0.1) is 0 Å². The van der Waals surface area contributed by atoms with Crippen molar-refractivity contribution in [2.75, 3.05) is 26.7 Å². The van der Waals surface area contributed by atoms with Crippen LogP contribution in [0.2, 0.25) is 0 Å². The van der Waals surface area contributed by atoms with E-state index in [9.17, 15) is 4.79 Å². The largest absolute Gasteiger partial charge is 0.344 e. The summed E-state index contributed by atoms with van der Waals surface area (Å²) in [5, 5.41) is 0. The van der Waals surface area contributed by atoms with Crippen molar-refractivity contribution >= 4 is 5.91 Å². The first-order valence-electron chi connectivity index (χ1n) is 6.66. The second-order valence-corrected chi connectivity index (χ2v) is 5.62. The van der Waals surface area contributed by atoms with Crippen molar-refractivity contribution < 1.29 is 4.79 Å². The third kappa shape index (κ3) is 3.19. The van der Waals surface area contributed by atoms with Gasteiger partial charge in [0, 0.05) is 25.7 Å². The monoisotopic (exact) mass is 241 g/mol. The van der Waals surface area contributed by atoms with Crippen molar-refractivity contribution in [3.8, 4) is 0 Å². The van der Waals surface area contributed by atoms with Crippen molar-refractivity contribution in [2.45, 2.75) is 51.6 Å². The first-order chi connectivity index (χ1) is 7.94. The zero-order valence-electron chi connectivity index (χ0n) is 11.7. The topological polar surface area (TPSA) is 49.6 Å². The van der Waals surface area contributed by atoms with Crippen LogP contribution in [0.4, 0.5) is 0 Å². The molecule has 1 atom stereocenters. The molecule has 1 aliphatic heterocycles. The van der Waals surface area contributed by atoms with Crippen LogP contribution in [-0.4, -0.2) is 54.0 Å². The summed E-state index contributed by atoms with van der Waals surface area (Å²) in [5.41, 5.74) is 5.87. The van der Waals surface area contributed by atoms with E-state index in [0.717, 1.165) is 32.4 Å². The van der Waals surface area contributed by atoms with Crippen LogP contribution in [0.15, 0.2) is 0 Å². The number of nitrogens with two attached hydrogens (primary N) is 1. The van der Waals surface area contributed by atoms with Gasteiger partial charge in [-0.1, -0.05) is 13.3 Å². The maximum Gasteiger partial charge on any atom is 0.240 e. The molecule has 0 radical (unpaired) electrons. The zero-order chi connectivity index (χ0) is 13.1. The number of carbonyl (C=O) groups is 1. The van der Waals surface area contributed by atoms with Crippen LogP contribution in [0.1, 0.15) is 40.0 Å². The molecule has 4 heteroatoms. The molecule has 17 heavy (non-hydrogen) atoms. The Hall–Kier alpha value is -0.610. The van der Waals surface area contributed by atoms with Gasteiger partial charge in [-0.15, -0.1) is 0 Å². The van der Waals surface area contributed by atoms with Gasteiger partial charge in [0.25, 0.3) is 0 Å². The number of rotatable bonds is 4. The first-order valence-corrected chi connectivity index (χ1v) is 6.66. The van der Waals surface area contributed by atoms with E-state index < -0.39 is 0 Å². The highest BCUT2D eigenvalue weighted by atomic mass is 16.2. The van der Waals surface area contributed by atoms with E-state index in [1.807, 2.05) is 11.9 Å². The molecule has 1 heterocycles. The molecule has 0 aromatic heterocycles. The predicted molar refractivity (Wildman–Crippen MR) is 70.8 cm³/mol. The van der Waals surface area contributed by atoms with Crippen LogP contribution >= 0.6 is 0 Å². The van der Waals surface area contributed by atoms with Crippen molar-refractivity contribution in [3.05, 3.63) is 0 Å². The Morgan fingerprint density at radius 2 is 2.12 bits per heavy atom. The van der Waals surface area contributed by atoms with Crippen molar-refractivity contribution in [1.82, 2.24) is 9.80 Å². The van der Waals surface area contributed by atoms with Gasteiger partial charge in [0.1, 0.15) is 6.04 Å². The molecule has 1 unspecified atom stereocenters. The summed E-state index contributed by atoms with van der Waals surface area (Å²) in [5.74, 6) is 0.175. The van der Waals surface area contributed by atoms with E-state index in [-0.39, 0.29) is 17.5 Å². The molecule has 4 nitrogen and oxygen atoms in total. The lowest BCUT2D eigenvalue weighted by molar-refractivity contribution is -0.134. The Kier molecular flexibility index (Phi) is 4.95. The summed E-state index contributed by atoms with van der Waals surface area (Å²) in [7, 11) is 1.88. The van der Waals surface area contributed by atoms with Crippen molar-refractivity contribution in [2.24, 2.45) is 5.73 Å². The summed E-state index contributed by atoms with van der Waals surface area (Å²) in [6.07, 6.45) is 3.28. The molecule has 2 N–H and O–H groups in total. The molecule has 0 aromatic rings. The van der Waals surface area contributed by atoms with Crippen LogP contribution < -0.4 is 5.73 Å². The molecule has 1 saturated heterocycles. The van der Waals surface area contributed by atoms with E-state index >= 15 is 0 Å². The molecular weight excluding hydrogens is 214 g/mol. The Bertz CT molecular complexity index is 265. The zero-order valence-corrected chi connectivity index (χ0v) is 11.7. The van der Waals surface area contributed by atoms with Gasteiger partial charge in [-0.3, -0.25) is 9.69 Å². The third-order valence-corrected chi connectivity index (χ3v) is 3.85. The van der Waals surface area contributed by atoms with Gasteiger partial charge in [-0.2, -0.15) is 0 Å². The van der Waals surface area contributed by atoms with E-state index in [4.69, 9.17) is 5.73 Å². The van der Waals surface area contributed by atoms with E-state index in [2.05, 4.69) is 25.7 Å². The lowest BCUT2D eigenvalue weighted by Gasteiger charge is -2.40. The van der Waals surface area contributed by atoms with Gasteiger partial charge in [0.2, 0.25) is 5.91 Å². The second kappa shape index (κ2) is 5.83. The first kappa shape index (κ1) is 14.5. The highest BCUT2D eigenvalue weighted by Gasteiger charge is 2.39. The second-order valence-electron chi connectivity index (χ2n) is 5.62. The number of hydrogen-bond acceptors (Lipinski definition) is 3. The van der Waals surface area contributed by atoms with Gasteiger partial charge < -0.3 is 10.6 Å². The Morgan fingerprint density at radius 1 is 1.47 bits per heavy atom. The Morgan fingerprint density at radius 3 is 2.65 bits per heavy atom. The van der Waals surface area contributed by atoms with E-state index in [0.29, 0.717) is 6.54 Å². The molecule has 0 saturated carbocycles. The number of nitrogens with zero attached hydrogens (tertiary/aromatic N) is 2. The number of likely N-dealkylation sites (N-methyl/N-ethyl adjacent to an activating group) is 1. The van der Waals surface area contributed by atoms with Crippen LogP contribution in [0, 0.1) is 0 Å². The minimum absolute atomic E-state index is 0.0552. The van der Waals surface area contributed by atoms with Gasteiger partial charge in [-0.05, 0) is 33.2 Å². The van der Waals surface area contributed by atoms with Gasteiger partial charge in [-0.25, -0.2) is 0 Å². The summed E-state index contributed by atoms with van der Waals surface area (Å²) < 4.78 is 0. The van der Waals surface area contributed by atoms with E-state index in [1.54, 1.807) is 0 Å². The summed E-state index contributed by atoms with van der Waals surface area (Å²) in [6, 6.07) is -0.149. The molecule has 0 aliphatic carbocycles.